The van der Waals surface area contributed by atoms with E-state index < -0.39 is 24.0 Å². The van der Waals surface area contributed by atoms with Crippen molar-refractivity contribution in [3.63, 3.8) is 0 Å². The summed E-state index contributed by atoms with van der Waals surface area (Å²) in [6, 6.07) is 0. The van der Waals surface area contributed by atoms with E-state index in [2.05, 4.69) is 29.6 Å². The molecule has 0 saturated heterocycles. The number of carbonyl (C=O) groups excluding carboxylic acids is 2. The highest BCUT2D eigenvalue weighted by Crippen LogP contribution is 2.21. The van der Waals surface area contributed by atoms with Gasteiger partial charge in [-0.15, -0.1) is 0 Å². The molecule has 24 heavy (non-hydrogen) atoms. The number of esters is 2. The molecule has 0 aromatic rings. The van der Waals surface area contributed by atoms with E-state index in [1.165, 1.54) is 25.7 Å². The van der Waals surface area contributed by atoms with Crippen LogP contribution >= 0.6 is 0 Å². The third-order valence-corrected chi connectivity index (χ3v) is 3.58. The molecule has 0 aliphatic heterocycles. The molecule has 2 N–H and O–H groups in total. The Morgan fingerprint density at radius 1 is 0.958 bits per heavy atom. The minimum atomic E-state index is -2.74. The summed E-state index contributed by atoms with van der Waals surface area (Å²) in [6.45, 7) is 8.55. The molecule has 0 spiro atoms. The summed E-state index contributed by atoms with van der Waals surface area (Å²) in [5, 5.41) is 20.2. The lowest BCUT2D eigenvalue weighted by Crippen LogP contribution is -2.49. The molecule has 1 unspecified atom stereocenters. The Hall–Kier alpha value is -1.66. The lowest BCUT2D eigenvalue weighted by atomic mass is 10.0. The first-order valence-corrected chi connectivity index (χ1v) is 8.50. The Morgan fingerprint density at radius 3 is 1.79 bits per heavy atom. The maximum atomic E-state index is 11.3. The van der Waals surface area contributed by atoms with Gasteiger partial charge in [0.2, 0.25) is 0 Å². The maximum Gasteiger partial charge on any atom is 0.401 e. The minimum Gasteiger partial charge on any atom is -0.393 e. The molecule has 0 radical (unpaired) electrons. The number of carbonyl (C=O) groups is 2. The van der Waals surface area contributed by atoms with Crippen LogP contribution < -0.4 is 0 Å². The van der Waals surface area contributed by atoms with Crippen molar-refractivity contribution in [1.82, 2.24) is 0 Å². The maximum absolute atomic E-state index is 11.3. The van der Waals surface area contributed by atoms with Crippen LogP contribution in [0.5, 0.6) is 0 Å². The highest BCUT2D eigenvalue weighted by atomic mass is 16.8. The van der Waals surface area contributed by atoms with Crippen LogP contribution in [0.25, 0.3) is 0 Å². The van der Waals surface area contributed by atoms with Crippen LogP contribution in [0, 0.1) is 0 Å². The van der Waals surface area contributed by atoms with Gasteiger partial charge in [0.25, 0.3) is 0 Å². The predicted molar refractivity (Wildman–Crippen MR) is 90.8 cm³/mol. The number of rotatable bonds is 14. The Bertz CT molecular complexity index is 382. The molecule has 0 aromatic carbocycles. The first-order valence-electron chi connectivity index (χ1n) is 8.50. The number of aliphatic hydroxyl groups excluding tert-OH is 1. The molecule has 0 fully saturated rings. The van der Waals surface area contributed by atoms with Gasteiger partial charge in [0, 0.05) is 12.2 Å². The molecule has 6 nitrogen and oxygen atoms in total. The average molecular weight is 342 g/mol. The monoisotopic (exact) mass is 342 g/mol. The minimum absolute atomic E-state index is 0.125. The van der Waals surface area contributed by atoms with Crippen molar-refractivity contribution < 1.29 is 29.3 Å². The number of hydrogen-bond donors (Lipinski definition) is 2. The highest BCUT2D eigenvalue weighted by molar-refractivity contribution is 5.83. The van der Waals surface area contributed by atoms with Gasteiger partial charge in [-0.2, -0.15) is 0 Å². The highest BCUT2D eigenvalue weighted by Gasteiger charge is 2.43. The van der Waals surface area contributed by atoms with Gasteiger partial charge >= 0.3 is 17.9 Å². The van der Waals surface area contributed by atoms with Crippen LogP contribution in [0.15, 0.2) is 25.3 Å². The topological polar surface area (TPSA) is 93.1 Å². The van der Waals surface area contributed by atoms with E-state index in [0.717, 1.165) is 31.4 Å². The van der Waals surface area contributed by atoms with Crippen molar-refractivity contribution in [3.8, 4) is 0 Å². The van der Waals surface area contributed by atoms with Crippen LogP contribution in [0.4, 0.5) is 0 Å². The average Bonchev–Trinajstić information content (AvgIpc) is 2.56. The second-order valence-electron chi connectivity index (χ2n) is 5.66. The largest absolute Gasteiger partial charge is 0.401 e. The summed E-state index contributed by atoms with van der Waals surface area (Å²) in [4.78, 5) is 22.5. The first kappa shape index (κ1) is 22.3. The van der Waals surface area contributed by atoms with E-state index in [0.29, 0.717) is 6.42 Å². The van der Waals surface area contributed by atoms with Crippen molar-refractivity contribution in [3.05, 3.63) is 25.3 Å². The van der Waals surface area contributed by atoms with E-state index in [-0.39, 0.29) is 6.42 Å². The molecule has 6 heteroatoms. The predicted octanol–water partition coefficient (Wildman–Crippen LogP) is 2.98. The van der Waals surface area contributed by atoms with Gasteiger partial charge in [-0.25, -0.2) is 9.59 Å². The molecule has 0 rings (SSSR count). The summed E-state index contributed by atoms with van der Waals surface area (Å²) in [5.74, 6) is -4.76. The Labute approximate surface area is 144 Å². The van der Waals surface area contributed by atoms with Crippen LogP contribution in [-0.2, 0) is 19.1 Å². The van der Waals surface area contributed by atoms with E-state index >= 15 is 0 Å². The Balaban J connectivity index is 4.31. The zero-order valence-corrected chi connectivity index (χ0v) is 14.5. The SMILES string of the molecule is C=CC(=O)OC(O)(OC(=O)C=C)C(O)CCCCCCCCCC. The third kappa shape index (κ3) is 9.47. The zero-order chi connectivity index (χ0) is 18.4. The van der Waals surface area contributed by atoms with Gasteiger partial charge < -0.3 is 19.7 Å². The number of aliphatic hydroxyl groups is 2. The molecule has 1 atom stereocenters. The second-order valence-corrected chi connectivity index (χ2v) is 5.66. The van der Waals surface area contributed by atoms with Gasteiger partial charge in [0.05, 0.1) is 0 Å². The lowest BCUT2D eigenvalue weighted by molar-refractivity contribution is -0.358. The van der Waals surface area contributed by atoms with Gasteiger partial charge in [-0.05, 0) is 6.42 Å². The van der Waals surface area contributed by atoms with E-state index in [4.69, 9.17) is 0 Å². The molecule has 0 heterocycles. The van der Waals surface area contributed by atoms with Gasteiger partial charge in [-0.1, -0.05) is 71.4 Å². The standard InChI is InChI=1S/C18H30O6/c1-4-7-8-9-10-11-12-13-14-15(19)18(22,23-16(20)5-2)24-17(21)6-3/h5-6,15,19,22H,2-4,7-14H2,1H3. The third-order valence-electron chi connectivity index (χ3n) is 3.58. The van der Waals surface area contributed by atoms with Gasteiger partial charge in [-0.3, -0.25) is 0 Å². The van der Waals surface area contributed by atoms with Crippen molar-refractivity contribution in [2.24, 2.45) is 0 Å². The summed E-state index contributed by atoms with van der Waals surface area (Å²) >= 11 is 0. The fourth-order valence-electron chi connectivity index (χ4n) is 2.18. The van der Waals surface area contributed by atoms with E-state index in [1.54, 1.807) is 0 Å². The van der Waals surface area contributed by atoms with Crippen molar-refractivity contribution in [2.75, 3.05) is 0 Å². The summed E-state index contributed by atoms with van der Waals surface area (Å²) in [7, 11) is 0. The number of hydrogen-bond acceptors (Lipinski definition) is 6. The second kappa shape index (κ2) is 12.7. The molecule has 138 valence electrons. The molecular formula is C18H30O6. The van der Waals surface area contributed by atoms with Crippen LogP contribution in [0.2, 0.25) is 0 Å². The summed E-state index contributed by atoms with van der Waals surface area (Å²) in [6.07, 6.45) is 8.66. The first-order chi connectivity index (χ1) is 11.4. The van der Waals surface area contributed by atoms with E-state index in [1.807, 2.05) is 0 Å². The van der Waals surface area contributed by atoms with Crippen molar-refractivity contribution in [1.29, 1.82) is 0 Å². The molecule has 0 aromatic heterocycles. The molecule has 0 aliphatic carbocycles. The Morgan fingerprint density at radius 2 is 1.38 bits per heavy atom. The normalized spacial score (nSPS) is 12.3. The lowest BCUT2D eigenvalue weighted by Gasteiger charge is -2.30. The van der Waals surface area contributed by atoms with Gasteiger partial charge in [0.1, 0.15) is 0 Å². The van der Waals surface area contributed by atoms with Crippen molar-refractivity contribution in [2.45, 2.75) is 76.8 Å². The van der Waals surface area contributed by atoms with Crippen LogP contribution in [-0.4, -0.2) is 34.2 Å². The van der Waals surface area contributed by atoms with Crippen molar-refractivity contribution >= 4 is 11.9 Å². The molecular weight excluding hydrogens is 312 g/mol. The smallest absolute Gasteiger partial charge is 0.393 e. The molecule has 0 amide bonds. The Kier molecular flexibility index (Phi) is 11.8. The summed E-state index contributed by atoms with van der Waals surface area (Å²) < 4.78 is 9.20. The zero-order valence-electron chi connectivity index (χ0n) is 14.5. The van der Waals surface area contributed by atoms with Gasteiger partial charge in [0.15, 0.2) is 6.10 Å². The quantitative estimate of drug-likeness (QED) is 0.218. The molecule has 0 saturated carbocycles. The number of unbranched alkanes of at least 4 members (excludes halogenated alkanes) is 7. The van der Waals surface area contributed by atoms with Crippen LogP contribution in [0.3, 0.4) is 0 Å². The molecule has 0 aliphatic rings. The molecule has 0 bridgehead atoms. The fourth-order valence-corrected chi connectivity index (χ4v) is 2.18. The van der Waals surface area contributed by atoms with E-state index in [9.17, 15) is 19.8 Å². The fraction of sp³-hybridized carbons (Fsp3) is 0.667. The number of ether oxygens (including phenoxy) is 2. The van der Waals surface area contributed by atoms with Crippen LogP contribution in [0.1, 0.15) is 64.7 Å². The summed E-state index contributed by atoms with van der Waals surface area (Å²) in [5.41, 5.74) is 0.